The van der Waals surface area contributed by atoms with Gasteiger partial charge in [-0.3, -0.25) is 9.59 Å². The fourth-order valence-corrected chi connectivity index (χ4v) is 4.42. The monoisotopic (exact) mass is 434 g/mol. The van der Waals surface area contributed by atoms with E-state index in [9.17, 15) is 9.59 Å². The van der Waals surface area contributed by atoms with Gasteiger partial charge in [-0.05, 0) is 63.1 Å². The van der Waals surface area contributed by atoms with Crippen molar-refractivity contribution in [3.63, 3.8) is 0 Å². The van der Waals surface area contributed by atoms with Gasteiger partial charge in [0, 0.05) is 55.7 Å². The van der Waals surface area contributed by atoms with E-state index in [1.807, 2.05) is 24.3 Å². The first-order chi connectivity index (χ1) is 15.5. The number of carbonyl (C=O) groups is 1. The van der Waals surface area contributed by atoms with Crippen LogP contribution in [0.1, 0.15) is 36.0 Å². The van der Waals surface area contributed by atoms with Crippen LogP contribution in [0.2, 0.25) is 0 Å². The van der Waals surface area contributed by atoms with Crippen molar-refractivity contribution in [2.75, 3.05) is 48.8 Å². The van der Waals surface area contributed by atoms with E-state index in [1.54, 1.807) is 12.3 Å². The number of rotatable bonds is 5. The van der Waals surface area contributed by atoms with Crippen molar-refractivity contribution >= 4 is 23.0 Å². The van der Waals surface area contributed by atoms with Crippen LogP contribution >= 0.6 is 0 Å². The Morgan fingerprint density at radius 2 is 1.75 bits per heavy atom. The summed E-state index contributed by atoms with van der Waals surface area (Å²) in [6.07, 6.45) is 4.91. The molecule has 1 aliphatic carbocycles. The Morgan fingerprint density at radius 1 is 1.06 bits per heavy atom. The van der Waals surface area contributed by atoms with Crippen molar-refractivity contribution in [2.45, 2.75) is 31.7 Å². The number of likely N-dealkylation sites (N-methyl/N-ethyl adjacent to an activating group) is 1. The molecule has 2 aromatic rings. The summed E-state index contributed by atoms with van der Waals surface area (Å²) in [7, 11) is 2.13. The lowest BCUT2D eigenvalue weighted by Gasteiger charge is -2.34. The SMILES string of the molecule is CN1CCN(c2ccc(NC(=O)c3c(NC4CCC(C#N)CC4)cc[nH]c3=O)cc2)CC1. The lowest BCUT2D eigenvalue weighted by atomic mass is 9.87. The van der Waals surface area contributed by atoms with Gasteiger partial charge < -0.3 is 25.4 Å². The van der Waals surface area contributed by atoms with Crippen molar-refractivity contribution in [1.82, 2.24) is 9.88 Å². The molecular formula is C24H30N6O2. The van der Waals surface area contributed by atoms with Gasteiger partial charge in [0.2, 0.25) is 0 Å². The Kier molecular flexibility index (Phi) is 6.76. The Balaban J connectivity index is 1.43. The number of aromatic amines is 1. The van der Waals surface area contributed by atoms with Gasteiger partial charge in [-0.25, -0.2) is 0 Å². The fraction of sp³-hybridized carbons (Fsp3) is 0.458. The highest BCUT2D eigenvalue weighted by Gasteiger charge is 2.23. The predicted molar refractivity (Wildman–Crippen MR) is 126 cm³/mol. The highest BCUT2D eigenvalue weighted by molar-refractivity contribution is 6.07. The van der Waals surface area contributed by atoms with Gasteiger partial charge >= 0.3 is 0 Å². The number of hydrogen-bond acceptors (Lipinski definition) is 6. The number of piperazine rings is 1. The lowest BCUT2D eigenvalue weighted by molar-refractivity contribution is 0.102. The van der Waals surface area contributed by atoms with Crippen molar-refractivity contribution in [1.29, 1.82) is 5.26 Å². The summed E-state index contributed by atoms with van der Waals surface area (Å²) in [6.45, 7) is 4.02. The summed E-state index contributed by atoms with van der Waals surface area (Å²) in [5.41, 5.74) is 1.96. The van der Waals surface area contributed by atoms with Crippen molar-refractivity contribution in [3.8, 4) is 6.07 Å². The van der Waals surface area contributed by atoms with Gasteiger partial charge in [0.15, 0.2) is 0 Å². The Bertz CT molecular complexity index is 1030. The summed E-state index contributed by atoms with van der Waals surface area (Å²) >= 11 is 0. The number of hydrogen-bond donors (Lipinski definition) is 3. The average molecular weight is 435 g/mol. The number of anilines is 3. The summed E-state index contributed by atoms with van der Waals surface area (Å²) in [4.78, 5) is 32.7. The largest absolute Gasteiger partial charge is 0.381 e. The van der Waals surface area contributed by atoms with Crippen molar-refractivity contribution in [3.05, 3.63) is 52.4 Å². The molecule has 0 atom stereocenters. The minimum atomic E-state index is -0.438. The van der Waals surface area contributed by atoms with Crippen LogP contribution in [0.3, 0.4) is 0 Å². The quantitative estimate of drug-likeness (QED) is 0.669. The van der Waals surface area contributed by atoms with Gasteiger partial charge in [0.25, 0.3) is 11.5 Å². The molecule has 8 heteroatoms. The van der Waals surface area contributed by atoms with E-state index in [0.29, 0.717) is 11.4 Å². The van der Waals surface area contributed by atoms with Crippen LogP contribution in [-0.4, -0.2) is 55.1 Å². The predicted octanol–water partition coefficient (Wildman–Crippen LogP) is 2.87. The minimum Gasteiger partial charge on any atom is -0.381 e. The molecule has 2 fully saturated rings. The molecule has 1 amide bonds. The standard InChI is InChI=1S/C24H30N6O2/c1-29-12-14-30(15-13-29)20-8-6-19(7-9-20)28-24(32)22-21(10-11-26-23(22)31)27-18-4-2-17(16-25)3-5-18/h6-11,17-18H,2-5,12-15H2,1H3,(H,28,32)(H2,26,27,31). The number of nitrogens with zero attached hydrogens (tertiary/aromatic N) is 3. The summed E-state index contributed by atoms with van der Waals surface area (Å²) < 4.78 is 0. The van der Waals surface area contributed by atoms with Crippen LogP contribution in [0, 0.1) is 17.2 Å². The third-order valence-electron chi connectivity index (χ3n) is 6.45. The third-order valence-corrected chi connectivity index (χ3v) is 6.45. The maximum Gasteiger partial charge on any atom is 0.263 e. The Hall–Kier alpha value is -3.31. The molecule has 2 aliphatic rings. The maximum atomic E-state index is 13.0. The molecule has 0 bridgehead atoms. The zero-order valence-electron chi connectivity index (χ0n) is 18.4. The third kappa shape index (κ3) is 5.11. The fourth-order valence-electron chi connectivity index (χ4n) is 4.42. The molecular weight excluding hydrogens is 404 g/mol. The van der Waals surface area contributed by atoms with Crippen LogP contribution in [0.4, 0.5) is 17.1 Å². The number of aromatic nitrogens is 1. The molecule has 1 saturated heterocycles. The van der Waals surface area contributed by atoms with E-state index >= 15 is 0 Å². The highest BCUT2D eigenvalue weighted by atomic mass is 16.2. The van der Waals surface area contributed by atoms with Gasteiger partial charge in [0.05, 0.1) is 11.8 Å². The smallest absolute Gasteiger partial charge is 0.263 e. The van der Waals surface area contributed by atoms with Crippen LogP contribution in [0.5, 0.6) is 0 Å². The van der Waals surface area contributed by atoms with Gasteiger partial charge in [-0.2, -0.15) is 5.26 Å². The van der Waals surface area contributed by atoms with Crippen LogP contribution < -0.4 is 21.1 Å². The zero-order chi connectivity index (χ0) is 22.5. The summed E-state index contributed by atoms with van der Waals surface area (Å²) in [5.74, 6) is -0.337. The Labute approximate surface area is 188 Å². The molecule has 1 aliphatic heterocycles. The molecule has 0 radical (unpaired) electrons. The molecule has 1 aromatic carbocycles. The van der Waals surface area contributed by atoms with Crippen LogP contribution in [0.25, 0.3) is 0 Å². The number of nitrogens with one attached hydrogen (secondary N) is 3. The van der Waals surface area contributed by atoms with E-state index in [4.69, 9.17) is 5.26 Å². The van der Waals surface area contributed by atoms with E-state index in [0.717, 1.165) is 57.5 Å². The second-order valence-corrected chi connectivity index (χ2v) is 8.71. The number of nitriles is 1. The first-order valence-electron chi connectivity index (χ1n) is 11.3. The number of carbonyl (C=O) groups excluding carboxylic acids is 1. The molecule has 168 valence electrons. The first-order valence-corrected chi connectivity index (χ1v) is 11.3. The summed E-state index contributed by atoms with van der Waals surface area (Å²) in [5, 5.41) is 15.3. The van der Waals surface area contributed by atoms with E-state index in [2.05, 4.69) is 38.5 Å². The number of pyridine rings is 1. The molecule has 2 heterocycles. The van der Waals surface area contributed by atoms with Crippen LogP contribution in [-0.2, 0) is 0 Å². The number of H-pyrrole nitrogens is 1. The van der Waals surface area contributed by atoms with Gasteiger partial charge in [-0.15, -0.1) is 0 Å². The van der Waals surface area contributed by atoms with E-state index in [-0.39, 0.29) is 17.5 Å². The number of amides is 1. The molecule has 0 unspecified atom stereocenters. The lowest BCUT2D eigenvalue weighted by Crippen LogP contribution is -2.44. The molecule has 4 rings (SSSR count). The van der Waals surface area contributed by atoms with Crippen LogP contribution in [0.15, 0.2) is 41.3 Å². The molecule has 0 spiro atoms. The highest BCUT2D eigenvalue weighted by Crippen LogP contribution is 2.27. The minimum absolute atomic E-state index is 0.0815. The maximum absolute atomic E-state index is 13.0. The zero-order valence-corrected chi connectivity index (χ0v) is 18.4. The van der Waals surface area contributed by atoms with Gasteiger partial charge in [-0.1, -0.05) is 0 Å². The average Bonchev–Trinajstić information content (AvgIpc) is 2.81. The summed E-state index contributed by atoms with van der Waals surface area (Å²) in [6, 6.07) is 12.0. The second kappa shape index (κ2) is 9.88. The number of benzene rings is 1. The normalized spacial score (nSPS) is 21.6. The molecule has 3 N–H and O–H groups in total. The van der Waals surface area contributed by atoms with E-state index < -0.39 is 11.5 Å². The topological polar surface area (TPSA) is 104 Å². The van der Waals surface area contributed by atoms with Crippen molar-refractivity contribution in [2.24, 2.45) is 5.92 Å². The Morgan fingerprint density at radius 3 is 2.41 bits per heavy atom. The van der Waals surface area contributed by atoms with E-state index in [1.165, 1.54) is 0 Å². The molecule has 1 saturated carbocycles. The van der Waals surface area contributed by atoms with Gasteiger partial charge in [0.1, 0.15) is 5.56 Å². The first kappa shape index (κ1) is 21.9. The molecule has 32 heavy (non-hydrogen) atoms. The molecule has 8 nitrogen and oxygen atoms in total. The molecule has 1 aromatic heterocycles. The van der Waals surface area contributed by atoms with Crippen molar-refractivity contribution < 1.29 is 4.79 Å². The second-order valence-electron chi connectivity index (χ2n) is 8.71.